The van der Waals surface area contributed by atoms with E-state index in [0.29, 0.717) is 11.7 Å². The number of phenolic OH excluding ortho intramolecular Hbond substituents is 1. The maximum absolute atomic E-state index is 11.7. The summed E-state index contributed by atoms with van der Waals surface area (Å²) in [5.41, 5.74) is 17.2. The van der Waals surface area contributed by atoms with E-state index in [0.717, 1.165) is 63.4 Å². The predicted molar refractivity (Wildman–Crippen MR) is 200 cm³/mol. The second-order valence-corrected chi connectivity index (χ2v) is 13.6. The number of hydrogen-bond donors (Lipinski definition) is 1. The zero-order chi connectivity index (χ0) is 33.4. The molecule has 0 saturated heterocycles. The van der Waals surface area contributed by atoms with Gasteiger partial charge in [0.2, 0.25) is 0 Å². The molecule has 0 aliphatic heterocycles. The lowest BCUT2D eigenvalue weighted by Crippen LogP contribution is -2.15. The summed E-state index contributed by atoms with van der Waals surface area (Å²) in [6, 6.07) is 24.9. The van der Waals surface area contributed by atoms with Gasteiger partial charge in [0.15, 0.2) is 0 Å². The van der Waals surface area contributed by atoms with Gasteiger partial charge in [0.05, 0.1) is 0 Å². The molecule has 0 saturated carbocycles. The van der Waals surface area contributed by atoms with Crippen molar-refractivity contribution in [1.29, 1.82) is 0 Å². The molecule has 4 aromatic rings. The Bertz CT molecular complexity index is 1590. The molecule has 0 radical (unpaired) electrons. The smallest absolute Gasteiger partial charge is 0.119 e. The van der Waals surface area contributed by atoms with Crippen molar-refractivity contribution in [3.05, 3.63) is 133 Å². The first-order chi connectivity index (χ1) is 22.2. The van der Waals surface area contributed by atoms with Gasteiger partial charge in [0.1, 0.15) is 5.75 Å². The highest BCUT2D eigenvalue weighted by Crippen LogP contribution is 2.42. The van der Waals surface area contributed by atoms with Crippen molar-refractivity contribution in [3.63, 3.8) is 0 Å². The quantitative estimate of drug-likeness (QED) is 0.141. The highest BCUT2D eigenvalue weighted by molar-refractivity contribution is 5.52. The topological polar surface area (TPSA) is 20.2 Å². The van der Waals surface area contributed by atoms with E-state index in [9.17, 15) is 5.11 Å². The van der Waals surface area contributed by atoms with E-state index in [1.807, 2.05) is 6.07 Å². The summed E-state index contributed by atoms with van der Waals surface area (Å²) in [5, 5.41) is 11.7. The van der Waals surface area contributed by atoms with Crippen molar-refractivity contribution in [2.45, 2.75) is 138 Å². The molecule has 3 atom stereocenters. The van der Waals surface area contributed by atoms with Gasteiger partial charge in [0, 0.05) is 5.56 Å². The van der Waals surface area contributed by atoms with Crippen LogP contribution >= 0.6 is 0 Å². The average Bonchev–Trinajstić information content (AvgIpc) is 3.07. The molecule has 0 amide bonds. The van der Waals surface area contributed by atoms with Crippen molar-refractivity contribution in [2.24, 2.45) is 0 Å². The van der Waals surface area contributed by atoms with Gasteiger partial charge in [-0.05, 0) is 143 Å². The minimum absolute atomic E-state index is 0.198. The lowest BCUT2D eigenvalue weighted by molar-refractivity contribution is 0.458. The van der Waals surface area contributed by atoms with Gasteiger partial charge in [-0.25, -0.2) is 0 Å². The minimum Gasteiger partial charge on any atom is -0.508 e. The highest BCUT2D eigenvalue weighted by Gasteiger charge is 2.27. The highest BCUT2D eigenvalue weighted by atomic mass is 16.3. The van der Waals surface area contributed by atoms with Crippen molar-refractivity contribution in [2.75, 3.05) is 0 Å². The van der Waals surface area contributed by atoms with Crippen LogP contribution in [0.5, 0.6) is 5.75 Å². The second kappa shape index (κ2) is 16.5. The molecule has 246 valence electrons. The van der Waals surface area contributed by atoms with Gasteiger partial charge in [-0.15, -0.1) is 0 Å². The summed E-state index contributed by atoms with van der Waals surface area (Å²) in [6.45, 7) is 20.8. The van der Waals surface area contributed by atoms with Gasteiger partial charge >= 0.3 is 0 Å². The van der Waals surface area contributed by atoms with Crippen LogP contribution in [0.4, 0.5) is 0 Å². The molecule has 1 nitrogen and oxygen atoms in total. The van der Waals surface area contributed by atoms with Gasteiger partial charge in [-0.2, -0.15) is 0 Å². The third kappa shape index (κ3) is 7.62. The Hall–Kier alpha value is -3.32. The molecule has 4 aromatic carbocycles. The van der Waals surface area contributed by atoms with Crippen molar-refractivity contribution < 1.29 is 5.11 Å². The molecule has 0 aliphatic rings. The molecule has 1 heteroatoms. The molecule has 0 aromatic heterocycles. The molecule has 0 heterocycles. The normalized spacial score (nSPS) is 13.5. The molecular formula is C45H60O. The van der Waals surface area contributed by atoms with Crippen LogP contribution in [-0.4, -0.2) is 5.11 Å². The Morgan fingerprint density at radius 3 is 1.13 bits per heavy atom. The van der Waals surface area contributed by atoms with Gasteiger partial charge in [-0.3, -0.25) is 0 Å². The molecule has 3 unspecified atom stereocenters. The van der Waals surface area contributed by atoms with Crippen LogP contribution < -0.4 is 0 Å². The van der Waals surface area contributed by atoms with E-state index in [4.69, 9.17) is 0 Å². The first kappa shape index (κ1) is 35.5. The number of phenols is 1. The number of aromatic hydroxyl groups is 1. The number of benzene rings is 4. The Kier molecular flexibility index (Phi) is 12.7. The Morgan fingerprint density at radius 2 is 0.761 bits per heavy atom. The lowest BCUT2D eigenvalue weighted by Gasteiger charge is -2.29. The van der Waals surface area contributed by atoms with Crippen molar-refractivity contribution in [1.82, 2.24) is 0 Å². The zero-order valence-electron chi connectivity index (χ0n) is 30.4. The van der Waals surface area contributed by atoms with Crippen LogP contribution in [0.15, 0.2) is 66.7 Å². The molecule has 4 rings (SSSR count). The lowest BCUT2D eigenvalue weighted by atomic mass is 9.76. The van der Waals surface area contributed by atoms with Crippen molar-refractivity contribution >= 4 is 0 Å². The van der Waals surface area contributed by atoms with Gasteiger partial charge in [-0.1, -0.05) is 123 Å². The van der Waals surface area contributed by atoms with E-state index in [-0.39, 0.29) is 11.8 Å². The fraction of sp³-hybridized carbons (Fsp3) is 0.467. The molecule has 0 aliphatic carbocycles. The molecule has 46 heavy (non-hydrogen) atoms. The number of aryl methyl sites for hydroxylation is 3. The summed E-state index contributed by atoms with van der Waals surface area (Å²) in [4.78, 5) is 0. The largest absolute Gasteiger partial charge is 0.508 e. The monoisotopic (exact) mass is 616 g/mol. The Labute approximate surface area is 281 Å². The summed E-state index contributed by atoms with van der Waals surface area (Å²) in [7, 11) is 0. The molecule has 0 spiro atoms. The standard InChI is InChI=1S/C45H60O/c1-10-33-19-16-22-36(39(33)13-4)27-30(7)42-25-26-43(46)45(32(9)29-38-24-18-21-35(12-3)41(38)15-6)44(42)31(8)28-37-23-17-20-34(11-2)40(37)14-5/h16-26,30-32,46H,10-15,27-29H2,1-9H3. The van der Waals surface area contributed by atoms with E-state index >= 15 is 0 Å². The van der Waals surface area contributed by atoms with Crippen LogP contribution in [0.3, 0.4) is 0 Å². The van der Waals surface area contributed by atoms with E-state index < -0.39 is 0 Å². The van der Waals surface area contributed by atoms with E-state index in [1.165, 1.54) is 61.2 Å². The Balaban J connectivity index is 1.85. The van der Waals surface area contributed by atoms with Crippen molar-refractivity contribution in [3.8, 4) is 5.75 Å². The summed E-state index contributed by atoms with van der Waals surface area (Å²) in [5.74, 6) is 1.27. The zero-order valence-corrected chi connectivity index (χ0v) is 30.4. The molecule has 1 N–H and O–H groups in total. The first-order valence-corrected chi connectivity index (χ1v) is 18.4. The van der Waals surface area contributed by atoms with Gasteiger partial charge < -0.3 is 5.11 Å². The first-order valence-electron chi connectivity index (χ1n) is 18.4. The minimum atomic E-state index is 0.198. The predicted octanol–water partition coefficient (Wildman–Crippen LogP) is 11.8. The van der Waals surface area contributed by atoms with Crippen LogP contribution in [0.2, 0.25) is 0 Å². The summed E-state index contributed by atoms with van der Waals surface area (Å²) >= 11 is 0. The summed E-state index contributed by atoms with van der Waals surface area (Å²) in [6.07, 6.45) is 9.29. The average molecular weight is 617 g/mol. The summed E-state index contributed by atoms with van der Waals surface area (Å²) < 4.78 is 0. The number of rotatable bonds is 15. The van der Waals surface area contributed by atoms with Gasteiger partial charge in [0.25, 0.3) is 0 Å². The second-order valence-electron chi connectivity index (χ2n) is 13.6. The maximum Gasteiger partial charge on any atom is 0.119 e. The fourth-order valence-corrected chi connectivity index (χ4v) is 8.44. The fourth-order valence-electron chi connectivity index (χ4n) is 8.44. The van der Waals surface area contributed by atoms with Crippen LogP contribution in [-0.2, 0) is 57.8 Å². The van der Waals surface area contributed by atoms with Crippen LogP contribution in [0.1, 0.15) is 147 Å². The van der Waals surface area contributed by atoms with Crippen LogP contribution in [0.25, 0.3) is 0 Å². The molecule has 0 fully saturated rings. The van der Waals surface area contributed by atoms with E-state index in [2.05, 4.69) is 123 Å². The maximum atomic E-state index is 11.7. The number of hydrogen-bond acceptors (Lipinski definition) is 1. The molecular weight excluding hydrogens is 556 g/mol. The third-order valence-corrected chi connectivity index (χ3v) is 10.7. The third-order valence-electron chi connectivity index (χ3n) is 10.7. The van der Waals surface area contributed by atoms with E-state index in [1.54, 1.807) is 0 Å². The molecule has 0 bridgehead atoms. The van der Waals surface area contributed by atoms with Crippen LogP contribution in [0, 0.1) is 0 Å². The SMILES string of the molecule is CCc1cccc(CC(C)c2ccc(O)c(C(C)Cc3cccc(CC)c3CC)c2C(C)Cc2cccc(CC)c2CC)c1CC. The Morgan fingerprint density at radius 1 is 0.413 bits per heavy atom.